The van der Waals surface area contributed by atoms with Crippen LogP contribution in [0.1, 0.15) is 46.3 Å². The lowest BCUT2D eigenvalue weighted by Crippen LogP contribution is -2.23. The lowest BCUT2D eigenvalue weighted by Gasteiger charge is -2.15. The number of benzene rings is 1. The van der Waals surface area contributed by atoms with Gasteiger partial charge in [0.15, 0.2) is 0 Å². The number of aryl methyl sites for hydroxylation is 1. The largest absolute Gasteiger partial charge is 0.351 e. The van der Waals surface area contributed by atoms with E-state index in [0.29, 0.717) is 11.6 Å². The molecule has 1 saturated heterocycles. The monoisotopic (exact) mass is 310 g/mol. The average molecular weight is 310 g/mol. The maximum absolute atomic E-state index is 12.0. The third-order valence-corrected chi connectivity index (χ3v) is 4.81. The molecular formula is C18H22N4O. The summed E-state index contributed by atoms with van der Waals surface area (Å²) >= 11 is 0. The fourth-order valence-electron chi connectivity index (χ4n) is 3.58. The van der Waals surface area contributed by atoms with Gasteiger partial charge < -0.3 is 10.3 Å². The van der Waals surface area contributed by atoms with Crippen molar-refractivity contribution in [3.63, 3.8) is 0 Å². The Morgan fingerprint density at radius 2 is 2.13 bits per heavy atom. The first kappa shape index (κ1) is 14.5. The molecule has 1 atom stereocenters. The predicted molar refractivity (Wildman–Crippen MR) is 88.3 cm³/mol. The number of aromatic nitrogens is 2. The Kier molecular flexibility index (Phi) is 3.87. The van der Waals surface area contributed by atoms with Crippen LogP contribution in [0.4, 0.5) is 0 Å². The van der Waals surface area contributed by atoms with Gasteiger partial charge in [-0.1, -0.05) is 30.3 Å². The average Bonchev–Trinajstić information content (AvgIpc) is 3.16. The van der Waals surface area contributed by atoms with Gasteiger partial charge in [0.1, 0.15) is 11.5 Å². The molecule has 2 aromatic rings. The molecule has 2 N–H and O–H groups in total. The van der Waals surface area contributed by atoms with Crippen molar-refractivity contribution >= 4 is 5.91 Å². The number of rotatable bonds is 3. The molecule has 0 bridgehead atoms. The van der Waals surface area contributed by atoms with E-state index in [1.165, 1.54) is 5.56 Å². The summed E-state index contributed by atoms with van der Waals surface area (Å²) in [5, 5.41) is 2.91. The van der Waals surface area contributed by atoms with Gasteiger partial charge in [0.25, 0.3) is 5.91 Å². The Morgan fingerprint density at radius 3 is 3.00 bits per heavy atom. The number of hydrogen-bond acceptors (Lipinski definition) is 3. The van der Waals surface area contributed by atoms with Gasteiger partial charge in [-0.15, -0.1) is 0 Å². The van der Waals surface area contributed by atoms with Crippen LogP contribution < -0.4 is 5.32 Å². The van der Waals surface area contributed by atoms with Crippen molar-refractivity contribution < 1.29 is 4.79 Å². The molecule has 0 saturated carbocycles. The van der Waals surface area contributed by atoms with Gasteiger partial charge in [0.2, 0.25) is 0 Å². The Bertz CT molecular complexity index is 694. The molecule has 1 fully saturated rings. The number of nitrogens with one attached hydrogen (secondary N) is 2. The Hall–Kier alpha value is -2.14. The molecule has 5 nitrogen and oxygen atoms in total. The number of imidazole rings is 1. The van der Waals surface area contributed by atoms with E-state index >= 15 is 0 Å². The van der Waals surface area contributed by atoms with Crippen LogP contribution in [0.15, 0.2) is 30.3 Å². The molecule has 0 spiro atoms. The summed E-state index contributed by atoms with van der Waals surface area (Å²) in [6.45, 7) is 3.81. The second-order valence-corrected chi connectivity index (χ2v) is 6.51. The Labute approximate surface area is 136 Å². The van der Waals surface area contributed by atoms with Crippen LogP contribution in [-0.4, -0.2) is 40.4 Å². The second-order valence-electron chi connectivity index (χ2n) is 6.51. The third kappa shape index (κ3) is 3.01. The maximum Gasteiger partial charge on any atom is 0.271 e. The highest BCUT2D eigenvalue weighted by Gasteiger charge is 2.29. The molecule has 23 heavy (non-hydrogen) atoms. The molecule has 2 aliphatic heterocycles. The van der Waals surface area contributed by atoms with Crippen LogP contribution in [0.3, 0.4) is 0 Å². The first-order valence-corrected chi connectivity index (χ1v) is 8.43. The number of H-pyrrole nitrogens is 1. The summed E-state index contributed by atoms with van der Waals surface area (Å²) < 4.78 is 0. The molecule has 1 amide bonds. The number of aromatic amines is 1. The molecule has 0 unspecified atom stereocenters. The first-order chi connectivity index (χ1) is 11.3. The lowest BCUT2D eigenvalue weighted by atomic mass is 10.1. The number of fused-ring (bicyclic) bond motifs is 1. The fraction of sp³-hybridized carbons (Fsp3) is 0.444. The first-order valence-electron chi connectivity index (χ1n) is 8.43. The number of nitrogens with zero attached hydrogens (tertiary/aromatic N) is 2. The quantitative estimate of drug-likeness (QED) is 0.912. The van der Waals surface area contributed by atoms with E-state index in [0.717, 1.165) is 57.0 Å². The topological polar surface area (TPSA) is 61.0 Å². The molecule has 1 aromatic carbocycles. The summed E-state index contributed by atoms with van der Waals surface area (Å²) in [5.41, 5.74) is 2.97. The van der Waals surface area contributed by atoms with E-state index in [4.69, 9.17) is 0 Å². The van der Waals surface area contributed by atoms with E-state index in [1.54, 1.807) is 0 Å². The molecule has 1 aromatic heterocycles. The minimum atomic E-state index is -0.0286. The zero-order valence-electron chi connectivity index (χ0n) is 13.2. The highest BCUT2D eigenvalue weighted by molar-refractivity contribution is 5.93. The van der Waals surface area contributed by atoms with Crippen molar-refractivity contribution in [3.05, 3.63) is 53.1 Å². The van der Waals surface area contributed by atoms with Crippen LogP contribution in [0.5, 0.6) is 0 Å². The van der Waals surface area contributed by atoms with Gasteiger partial charge in [0.05, 0.1) is 0 Å². The summed E-state index contributed by atoms with van der Waals surface area (Å²) in [5.74, 6) is 1.36. The van der Waals surface area contributed by atoms with Crippen LogP contribution in [-0.2, 0) is 13.0 Å². The molecular weight excluding hydrogens is 288 g/mol. The Balaban J connectivity index is 1.46. The summed E-state index contributed by atoms with van der Waals surface area (Å²) in [6.07, 6.45) is 2.98. The van der Waals surface area contributed by atoms with Crippen molar-refractivity contribution in [3.8, 4) is 0 Å². The molecule has 3 heterocycles. The summed E-state index contributed by atoms with van der Waals surface area (Å²) in [6, 6.07) is 10.6. The van der Waals surface area contributed by atoms with Gasteiger partial charge in [0, 0.05) is 31.2 Å². The molecule has 0 aliphatic carbocycles. The molecule has 2 aliphatic rings. The zero-order valence-corrected chi connectivity index (χ0v) is 13.2. The summed E-state index contributed by atoms with van der Waals surface area (Å²) in [4.78, 5) is 22.6. The normalized spacial score (nSPS) is 21.7. The van der Waals surface area contributed by atoms with Crippen molar-refractivity contribution in [2.75, 3.05) is 19.6 Å². The van der Waals surface area contributed by atoms with Crippen molar-refractivity contribution in [1.82, 2.24) is 20.2 Å². The van der Waals surface area contributed by atoms with Gasteiger partial charge in [-0.3, -0.25) is 9.69 Å². The van der Waals surface area contributed by atoms with Crippen molar-refractivity contribution in [2.45, 2.75) is 31.7 Å². The van der Waals surface area contributed by atoms with Crippen LogP contribution in [0.25, 0.3) is 0 Å². The third-order valence-electron chi connectivity index (χ3n) is 4.81. The molecule has 0 radical (unpaired) electrons. The minimum Gasteiger partial charge on any atom is -0.351 e. The number of carbonyl (C=O) groups is 1. The van der Waals surface area contributed by atoms with Gasteiger partial charge in [-0.25, -0.2) is 4.98 Å². The van der Waals surface area contributed by atoms with E-state index < -0.39 is 0 Å². The molecule has 120 valence electrons. The smallest absolute Gasteiger partial charge is 0.271 e. The highest BCUT2D eigenvalue weighted by atomic mass is 16.1. The number of carbonyl (C=O) groups excluding carboxylic acids is 1. The highest BCUT2D eigenvalue weighted by Crippen LogP contribution is 2.27. The Morgan fingerprint density at radius 1 is 1.26 bits per heavy atom. The van der Waals surface area contributed by atoms with Gasteiger partial charge in [-0.05, 0) is 31.4 Å². The van der Waals surface area contributed by atoms with Crippen LogP contribution in [0.2, 0.25) is 0 Å². The SMILES string of the molecule is O=C1NCCCc2[nH]c([C@@H]3CCN(Cc4ccccc4)C3)nc21. The predicted octanol–water partition coefficient (Wildman–Crippen LogP) is 2.08. The van der Waals surface area contributed by atoms with Crippen LogP contribution >= 0.6 is 0 Å². The van der Waals surface area contributed by atoms with E-state index in [9.17, 15) is 4.79 Å². The van der Waals surface area contributed by atoms with Gasteiger partial charge in [-0.2, -0.15) is 0 Å². The maximum atomic E-state index is 12.0. The van der Waals surface area contributed by atoms with Crippen LogP contribution in [0, 0.1) is 0 Å². The number of hydrogen-bond donors (Lipinski definition) is 2. The zero-order chi connectivity index (χ0) is 15.6. The number of amides is 1. The van der Waals surface area contributed by atoms with E-state index in [-0.39, 0.29) is 5.91 Å². The van der Waals surface area contributed by atoms with Crippen molar-refractivity contribution in [1.29, 1.82) is 0 Å². The minimum absolute atomic E-state index is 0.0286. The lowest BCUT2D eigenvalue weighted by molar-refractivity contribution is 0.0951. The van der Waals surface area contributed by atoms with E-state index in [2.05, 4.69) is 50.5 Å². The van der Waals surface area contributed by atoms with Gasteiger partial charge >= 0.3 is 0 Å². The number of likely N-dealkylation sites (tertiary alicyclic amines) is 1. The standard InChI is InChI=1S/C18H22N4O/c23-18-16-15(7-4-9-19-18)20-17(21-16)14-8-10-22(12-14)11-13-5-2-1-3-6-13/h1-3,5-6,14H,4,7-12H2,(H,19,23)(H,20,21)/t14-/m1/s1. The van der Waals surface area contributed by atoms with E-state index in [1.807, 2.05) is 0 Å². The summed E-state index contributed by atoms with van der Waals surface area (Å²) in [7, 11) is 0. The van der Waals surface area contributed by atoms with Crippen molar-refractivity contribution in [2.24, 2.45) is 0 Å². The second kappa shape index (κ2) is 6.16. The fourth-order valence-corrected chi connectivity index (χ4v) is 3.58. The molecule has 4 rings (SSSR count). The molecule has 5 heteroatoms.